The van der Waals surface area contributed by atoms with Crippen LogP contribution in [0.3, 0.4) is 0 Å². The SMILES string of the molecule is COC(=O)Cn1cc(-c2ccc(N)c(OC(F)F)c2)cn1. The lowest BCUT2D eigenvalue weighted by Gasteiger charge is -2.08. The minimum atomic E-state index is -2.95. The van der Waals surface area contributed by atoms with Gasteiger partial charge in [-0.3, -0.25) is 9.48 Å². The Kier molecular flexibility index (Phi) is 4.36. The van der Waals surface area contributed by atoms with E-state index in [4.69, 9.17) is 5.73 Å². The largest absolute Gasteiger partial charge is 0.468 e. The molecule has 0 aliphatic heterocycles. The average molecular weight is 297 g/mol. The van der Waals surface area contributed by atoms with E-state index in [9.17, 15) is 13.6 Å². The van der Waals surface area contributed by atoms with Crippen molar-refractivity contribution in [1.29, 1.82) is 0 Å². The molecule has 0 unspecified atom stereocenters. The van der Waals surface area contributed by atoms with Gasteiger partial charge in [0.25, 0.3) is 0 Å². The van der Waals surface area contributed by atoms with Crippen molar-refractivity contribution in [2.45, 2.75) is 13.2 Å². The number of aromatic nitrogens is 2. The zero-order valence-corrected chi connectivity index (χ0v) is 11.1. The molecule has 2 rings (SSSR count). The van der Waals surface area contributed by atoms with Crippen molar-refractivity contribution in [3.05, 3.63) is 30.6 Å². The normalized spacial score (nSPS) is 10.7. The Morgan fingerprint density at radius 1 is 1.43 bits per heavy atom. The number of hydrogen-bond acceptors (Lipinski definition) is 5. The molecule has 6 nitrogen and oxygen atoms in total. The molecule has 8 heteroatoms. The van der Waals surface area contributed by atoms with E-state index in [0.29, 0.717) is 11.1 Å². The standard InChI is InChI=1S/C13H13F2N3O3/c1-20-12(19)7-18-6-9(5-17-18)8-2-3-10(16)11(4-8)21-13(14)15/h2-6,13H,7,16H2,1H3. The average Bonchev–Trinajstić information content (AvgIpc) is 2.89. The van der Waals surface area contributed by atoms with Crippen molar-refractivity contribution in [2.75, 3.05) is 12.8 Å². The van der Waals surface area contributed by atoms with Crippen molar-refractivity contribution >= 4 is 11.7 Å². The monoisotopic (exact) mass is 297 g/mol. The number of rotatable bonds is 5. The topological polar surface area (TPSA) is 79.4 Å². The van der Waals surface area contributed by atoms with E-state index in [2.05, 4.69) is 14.6 Å². The van der Waals surface area contributed by atoms with Crippen LogP contribution in [-0.2, 0) is 16.1 Å². The zero-order chi connectivity index (χ0) is 15.4. The minimum absolute atomic E-state index is 0.0358. The van der Waals surface area contributed by atoms with Crippen molar-refractivity contribution < 1.29 is 23.0 Å². The Morgan fingerprint density at radius 2 is 2.19 bits per heavy atom. The summed E-state index contributed by atoms with van der Waals surface area (Å²) < 4.78 is 34.8. The summed E-state index contributed by atoms with van der Waals surface area (Å²) in [6.07, 6.45) is 3.09. The van der Waals surface area contributed by atoms with E-state index in [0.717, 1.165) is 0 Å². The van der Waals surface area contributed by atoms with Gasteiger partial charge in [0.1, 0.15) is 12.3 Å². The van der Waals surface area contributed by atoms with Crippen molar-refractivity contribution in [2.24, 2.45) is 0 Å². The predicted molar refractivity (Wildman–Crippen MR) is 70.7 cm³/mol. The van der Waals surface area contributed by atoms with Gasteiger partial charge in [0.15, 0.2) is 0 Å². The third kappa shape index (κ3) is 3.68. The molecule has 0 aliphatic carbocycles. The van der Waals surface area contributed by atoms with Gasteiger partial charge in [0.2, 0.25) is 0 Å². The van der Waals surface area contributed by atoms with Crippen LogP contribution >= 0.6 is 0 Å². The molecule has 1 heterocycles. The molecule has 2 aromatic rings. The van der Waals surface area contributed by atoms with E-state index in [1.807, 2.05) is 0 Å². The first-order valence-electron chi connectivity index (χ1n) is 5.93. The number of carbonyl (C=O) groups excluding carboxylic acids is 1. The third-order valence-electron chi connectivity index (χ3n) is 2.71. The van der Waals surface area contributed by atoms with Gasteiger partial charge in [0.05, 0.1) is 19.0 Å². The summed E-state index contributed by atoms with van der Waals surface area (Å²) >= 11 is 0. The first-order chi connectivity index (χ1) is 9.99. The number of benzene rings is 1. The second kappa shape index (κ2) is 6.21. The number of alkyl halides is 2. The maximum atomic E-state index is 12.3. The number of esters is 1. The Hall–Kier alpha value is -2.64. The molecule has 0 saturated carbocycles. The fourth-order valence-electron chi connectivity index (χ4n) is 1.71. The highest BCUT2D eigenvalue weighted by Gasteiger charge is 2.11. The van der Waals surface area contributed by atoms with Crippen LogP contribution in [0.15, 0.2) is 30.6 Å². The van der Waals surface area contributed by atoms with Gasteiger partial charge in [-0.1, -0.05) is 6.07 Å². The fourth-order valence-corrected chi connectivity index (χ4v) is 1.71. The van der Waals surface area contributed by atoms with Crippen molar-refractivity contribution in [1.82, 2.24) is 9.78 Å². The van der Waals surface area contributed by atoms with Gasteiger partial charge in [-0.2, -0.15) is 13.9 Å². The second-order valence-corrected chi connectivity index (χ2v) is 4.13. The number of nitrogen functional groups attached to an aromatic ring is 1. The van der Waals surface area contributed by atoms with Gasteiger partial charge in [-0.25, -0.2) is 0 Å². The van der Waals surface area contributed by atoms with Crippen LogP contribution in [0.5, 0.6) is 5.75 Å². The summed E-state index contributed by atoms with van der Waals surface area (Å²) in [4.78, 5) is 11.1. The Bertz CT molecular complexity index is 643. The van der Waals surface area contributed by atoms with Crippen molar-refractivity contribution in [3.63, 3.8) is 0 Å². The number of halogens is 2. The van der Waals surface area contributed by atoms with Gasteiger partial charge in [0, 0.05) is 11.8 Å². The molecule has 112 valence electrons. The van der Waals surface area contributed by atoms with Crippen molar-refractivity contribution in [3.8, 4) is 16.9 Å². The quantitative estimate of drug-likeness (QED) is 0.673. The molecule has 21 heavy (non-hydrogen) atoms. The highest BCUT2D eigenvalue weighted by molar-refractivity contribution is 5.71. The van der Waals surface area contributed by atoms with E-state index >= 15 is 0 Å². The molecule has 0 amide bonds. The highest BCUT2D eigenvalue weighted by atomic mass is 19.3. The summed E-state index contributed by atoms with van der Waals surface area (Å²) in [6.45, 7) is -2.99. The number of ether oxygens (including phenoxy) is 2. The molecule has 1 aromatic heterocycles. The molecule has 0 spiro atoms. The molecule has 0 bridgehead atoms. The van der Waals surface area contributed by atoms with Crippen LogP contribution < -0.4 is 10.5 Å². The Morgan fingerprint density at radius 3 is 2.86 bits per heavy atom. The highest BCUT2D eigenvalue weighted by Crippen LogP contribution is 2.29. The molecule has 0 atom stereocenters. The summed E-state index contributed by atoms with van der Waals surface area (Å²) in [5.74, 6) is -0.549. The van der Waals surface area contributed by atoms with E-state index < -0.39 is 12.6 Å². The Labute approximate surface area is 119 Å². The fraction of sp³-hybridized carbons (Fsp3) is 0.231. The summed E-state index contributed by atoms with van der Waals surface area (Å²) in [5.41, 5.74) is 6.91. The summed E-state index contributed by atoms with van der Waals surface area (Å²) in [6, 6.07) is 4.50. The lowest BCUT2D eigenvalue weighted by Crippen LogP contribution is -2.11. The molecular weight excluding hydrogens is 284 g/mol. The number of anilines is 1. The summed E-state index contributed by atoms with van der Waals surface area (Å²) in [5, 5.41) is 3.99. The van der Waals surface area contributed by atoms with Crippen LogP contribution in [0.25, 0.3) is 11.1 Å². The van der Waals surface area contributed by atoms with E-state index in [-0.39, 0.29) is 18.0 Å². The van der Waals surface area contributed by atoms with Crippen LogP contribution in [0.1, 0.15) is 0 Å². The predicted octanol–water partition coefficient (Wildman–Crippen LogP) is 1.91. The zero-order valence-electron chi connectivity index (χ0n) is 11.1. The third-order valence-corrected chi connectivity index (χ3v) is 2.71. The first kappa shape index (κ1) is 14.8. The lowest BCUT2D eigenvalue weighted by atomic mass is 10.1. The van der Waals surface area contributed by atoms with Crippen LogP contribution in [0.4, 0.5) is 14.5 Å². The maximum Gasteiger partial charge on any atom is 0.387 e. The molecule has 1 aromatic carbocycles. The maximum absolute atomic E-state index is 12.3. The number of hydrogen-bond donors (Lipinski definition) is 1. The smallest absolute Gasteiger partial charge is 0.387 e. The molecule has 2 N–H and O–H groups in total. The van der Waals surface area contributed by atoms with Crippen LogP contribution in [-0.4, -0.2) is 29.5 Å². The van der Waals surface area contributed by atoms with Crippen LogP contribution in [0.2, 0.25) is 0 Å². The molecule has 0 saturated heterocycles. The first-order valence-corrected chi connectivity index (χ1v) is 5.93. The number of nitrogens with two attached hydrogens (primary N) is 1. The Balaban J connectivity index is 2.24. The minimum Gasteiger partial charge on any atom is -0.468 e. The lowest BCUT2D eigenvalue weighted by molar-refractivity contribution is -0.141. The van der Waals surface area contributed by atoms with Gasteiger partial charge >= 0.3 is 12.6 Å². The molecule has 0 fully saturated rings. The molecular formula is C13H13F2N3O3. The number of methoxy groups -OCH3 is 1. The van der Waals surface area contributed by atoms with Gasteiger partial charge in [-0.05, 0) is 17.7 Å². The van der Waals surface area contributed by atoms with E-state index in [1.54, 1.807) is 12.3 Å². The molecule has 0 aliphatic rings. The van der Waals surface area contributed by atoms with Gasteiger partial charge in [-0.15, -0.1) is 0 Å². The van der Waals surface area contributed by atoms with E-state index in [1.165, 1.54) is 30.1 Å². The second-order valence-electron chi connectivity index (χ2n) is 4.13. The van der Waals surface area contributed by atoms with Crippen LogP contribution in [0, 0.1) is 0 Å². The molecule has 0 radical (unpaired) electrons. The number of carbonyl (C=O) groups is 1. The summed E-state index contributed by atoms with van der Waals surface area (Å²) in [7, 11) is 1.28. The van der Waals surface area contributed by atoms with Gasteiger partial charge < -0.3 is 15.2 Å². The number of nitrogens with zero attached hydrogens (tertiary/aromatic N) is 2.